The summed E-state index contributed by atoms with van der Waals surface area (Å²) in [4.78, 5) is 9.13. The quantitative estimate of drug-likeness (QED) is 0.728. The average molecular weight is 331 g/mol. The molecule has 0 fully saturated rings. The molecule has 1 unspecified atom stereocenters. The number of nitriles is 1. The van der Waals surface area contributed by atoms with Gasteiger partial charge in [-0.2, -0.15) is 5.26 Å². The number of fused-ring (bicyclic) bond motifs is 1. The van der Waals surface area contributed by atoms with Crippen LogP contribution in [0.25, 0.3) is 11.5 Å². The minimum Gasteiger partial charge on any atom is -0.497 e. The zero-order chi connectivity index (χ0) is 17.2. The second-order valence-corrected chi connectivity index (χ2v) is 6.11. The van der Waals surface area contributed by atoms with Crippen molar-refractivity contribution < 1.29 is 9.15 Å². The molecule has 1 aliphatic rings. The normalized spacial score (nSPS) is 16.1. The van der Waals surface area contributed by atoms with Crippen LogP contribution in [-0.2, 0) is 12.8 Å². The molecular weight excluding hydrogens is 314 g/mol. The van der Waals surface area contributed by atoms with Crippen LogP contribution in [0.3, 0.4) is 0 Å². The van der Waals surface area contributed by atoms with E-state index >= 15 is 0 Å². The summed E-state index contributed by atoms with van der Waals surface area (Å²) in [6.07, 6.45) is 4.20. The zero-order valence-electron chi connectivity index (χ0n) is 13.9. The highest BCUT2D eigenvalue weighted by atomic mass is 16.5. The van der Waals surface area contributed by atoms with E-state index in [0.717, 1.165) is 47.7 Å². The van der Waals surface area contributed by atoms with Crippen molar-refractivity contribution in [2.75, 3.05) is 7.11 Å². The predicted molar refractivity (Wildman–Crippen MR) is 92.2 cm³/mol. The molecule has 3 aromatic rings. The average Bonchev–Trinajstić information content (AvgIpc) is 3.11. The largest absolute Gasteiger partial charge is 0.497 e. The van der Waals surface area contributed by atoms with Gasteiger partial charge in [-0.1, -0.05) is 6.07 Å². The van der Waals surface area contributed by atoms with E-state index in [4.69, 9.17) is 14.1 Å². The third kappa shape index (κ3) is 2.87. The molecule has 1 aliphatic carbocycles. The summed E-state index contributed by atoms with van der Waals surface area (Å²) in [7, 11) is 1.64. The molecule has 2 heterocycles. The van der Waals surface area contributed by atoms with Gasteiger partial charge in [0.25, 0.3) is 0 Å². The fourth-order valence-corrected chi connectivity index (χ4v) is 3.33. The van der Waals surface area contributed by atoms with Gasteiger partial charge in [-0.05, 0) is 36.8 Å². The lowest BCUT2D eigenvalue weighted by Gasteiger charge is -2.20. The zero-order valence-corrected chi connectivity index (χ0v) is 13.9. The fourth-order valence-electron chi connectivity index (χ4n) is 3.33. The number of aryl methyl sites for hydroxylation is 1. The molecule has 0 N–H and O–H groups in total. The lowest BCUT2D eigenvalue weighted by atomic mass is 9.86. The lowest BCUT2D eigenvalue weighted by Crippen LogP contribution is -2.14. The van der Waals surface area contributed by atoms with Crippen LogP contribution in [0.4, 0.5) is 0 Å². The standard InChI is InChI=1S/C20H17N3O2/c1-24-16-6-2-4-14(10-16)20-23-17-11-13(7-8-18(17)25-20)19-15(12-21)5-3-9-22-19/h2-6,9-10,13H,7-8,11H2,1H3. The number of nitrogens with zero attached hydrogens (tertiary/aromatic N) is 3. The Morgan fingerprint density at radius 1 is 1.28 bits per heavy atom. The Morgan fingerprint density at radius 3 is 3.04 bits per heavy atom. The number of hydrogen-bond acceptors (Lipinski definition) is 5. The van der Waals surface area contributed by atoms with E-state index in [1.165, 1.54) is 0 Å². The summed E-state index contributed by atoms with van der Waals surface area (Å²) in [6, 6.07) is 13.6. The van der Waals surface area contributed by atoms with Crippen LogP contribution in [0.1, 0.15) is 35.1 Å². The Bertz CT molecular complexity index is 956. The van der Waals surface area contributed by atoms with E-state index in [1.54, 1.807) is 19.4 Å². The van der Waals surface area contributed by atoms with Crippen LogP contribution < -0.4 is 4.74 Å². The third-order valence-corrected chi connectivity index (χ3v) is 4.60. The molecule has 0 amide bonds. The van der Waals surface area contributed by atoms with Gasteiger partial charge in [-0.3, -0.25) is 4.98 Å². The van der Waals surface area contributed by atoms with Crippen molar-refractivity contribution in [1.29, 1.82) is 5.26 Å². The van der Waals surface area contributed by atoms with Crippen molar-refractivity contribution in [3.8, 4) is 23.3 Å². The topological polar surface area (TPSA) is 71.9 Å². The number of oxazole rings is 1. The van der Waals surface area contributed by atoms with Gasteiger partial charge in [0.1, 0.15) is 17.6 Å². The second kappa shape index (κ2) is 6.40. The van der Waals surface area contributed by atoms with E-state index in [9.17, 15) is 5.26 Å². The minimum atomic E-state index is 0.201. The molecule has 0 saturated carbocycles. The Labute approximate surface area is 145 Å². The van der Waals surface area contributed by atoms with Gasteiger partial charge in [0, 0.05) is 30.5 Å². The summed E-state index contributed by atoms with van der Waals surface area (Å²) in [5.74, 6) is 2.53. The Kier molecular flexibility index (Phi) is 3.95. The van der Waals surface area contributed by atoms with E-state index in [2.05, 4.69) is 11.1 Å². The van der Waals surface area contributed by atoms with Crippen molar-refractivity contribution in [3.05, 3.63) is 65.3 Å². The molecule has 0 saturated heterocycles. The molecule has 0 radical (unpaired) electrons. The highest BCUT2D eigenvalue weighted by Crippen LogP contribution is 2.35. The molecule has 0 bridgehead atoms. The molecule has 5 heteroatoms. The molecule has 124 valence electrons. The molecule has 0 aliphatic heterocycles. The Hall–Kier alpha value is -3.13. The summed E-state index contributed by atoms with van der Waals surface area (Å²) in [5, 5.41) is 9.31. The van der Waals surface area contributed by atoms with Gasteiger partial charge in [0.15, 0.2) is 0 Å². The van der Waals surface area contributed by atoms with Crippen molar-refractivity contribution in [2.45, 2.75) is 25.2 Å². The first kappa shape index (κ1) is 15.4. The van der Waals surface area contributed by atoms with E-state index in [-0.39, 0.29) is 5.92 Å². The molecule has 4 rings (SSSR count). The van der Waals surface area contributed by atoms with Crippen molar-refractivity contribution in [2.24, 2.45) is 0 Å². The predicted octanol–water partition coefficient (Wildman–Crippen LogP) is 3.89. The number of benzene rings is 1. The number of ether oxygens (including phenoxy) is 1. The van der Waals surface area contributed by atoms with Crippen molar-refractivity contribution >= 4 is 0 Å². The highest BCUT2D eigenvalue weighted by Gasteiger charge is 2.27. The minimum absolute atomic E-state index is 0.201. The maximum absolute atomic E-state index is 9.31. The van der Waals surface area contributed by atoms with Gasteiger partial charge < -0.3 is 9.15 Å². The SMILES string of the molecule is COc1cccc(-c2nc3c(o2)CCC(c2ncccc2C#N)C3)c1. The smallest absolute Gasteiger partial charge is 0.226 e. The van der Waals surface area contributed by atoms with Crippen LogP contribution in [0.2, 0.25) is 0 Å². The fraction of sp³-hybridized carbons (Fsp3) is 0.250. The maximum atomic E-state index is 9.31. The molecular formula is C20H17N3O2. The maximum Gasteiger partial charge on any atom is 0.226 e. The Balaban J connectivity index is 1.64. The highest BCUT2D eigenvalue weighted by molar-refractivity contribution is 5.56. The first-order chi connectivity index (χ1) is 12.3. The lowest BCUT2D eigenvalue weighted by molar-refractivity contribution is 0.414. The Morgan fingerprint density at radius 2 is 2.20 bits per heavy atom. The molecule has 1 aromatic carbocycles. The van der Waals surface area contributed by atoms with Crippen LogP contribution in [0, 0.1) is 11.3 Å². The first-order valence-corrected chi connectivity index (χ1v) is 8.26. The van der Waals surface area contributed by atoms with Gasteiger partial charge in [0.2, 0.25) is 5.89 Å². The summed E-state index contributed by atoms with van der Waals surface area (Å²) in [6.45, 7) is 0. The summed E-state index contributed by atoms with van der Waals surface area (Å²) >= 11 is 0. The van der Waals surface area contributed by atoms with Crippen molar-refractivity contribution in [3.63, 3.8) is 0 Å². The molecule has 2 aromatic heterocycles. The van der Waals surface area contributed by atoms with E-state index < -0.39 is 0 Å². The third-order valence-electron chi connectivity index (χ3n) is 4.60. The van der Waals surface area contributed by atoms with E-state index in [0.29, 0.717) is 11.5 Å². The van der Waals surface area contributed by atoms with Gasteiger partial charge >= 0.3 is 0 Å². The van der Waals surface area contributed by atoms with Gasteiger partial charge in [-0.15, -0.1) is 0 Å². The van der Waals surface area contributed by atoms with Crippen LogP contribution in [-0.4, -0.2) is 17.1 Å². The summed E-state index contributed by atoms with van der Waals surface area (Å²) < 4.78 is 11.3. The second-order valence-electron chi connectivity index (χ2n) is 6.11. The van der Waals surface area contributed by atoms with Crippen molar-refractivity contribution in [1.82, 2.24) is 9.97 Å². The molecule has 1 atom stereocenters. The molecule has 5 nitrogen and oxygen atoms in total. The van der Waals surface area contributed by atoms with E-state index in [1.807, 2.05) is 30.3 Å². The van der Waals surface area contributed by atoms with Gasteiger partial charge in [0.05, 0.1) is 24.1 Å². The number of rotatable bonds is 3. The van der Waals surface area contributed by atoms with Crippen LogP contribution in [0.15, 0.2) is 47.0 Å². The number of methoxy groups -OCH3 is 1. The summed E-state index contributed by atoms with van der Waals surface area (Å²) in [5.41, 5.74) is 3.37. The number of aromatic nitrogens is 2. The monoisotopic (exact) mass is 331 g/mol. The van der Waals surface area contributed by atoms with Crippen LogP contribution >= 0.6 is 0 Å². The first-order valence-electron chi connectivity index (χ1n) is 8.26. The number of hydrogen-bond donors (Lipinski definition) is 0. The van der Waals surface area contributed by atoms with Gasteiger partial charge in [-0.25, -0.2) is 4.98 Å². The molecule has 0 spiro atoms. The van der Waals surface area contributed by atoms with Crippen LogP contribution in [0.5, 0.6) is 5.75 Å². The number of pyridine rings is 1. The molecule has 25 heavy (non-hydrogen) atoms.